The molecular weight excluding hydrogens is 240 g/mol. The lowest BCUT2D eigenvalue weighted by Crippen LogP contribution is -2.20. The van der Waals surface area contributed by atoms with Crippen LogP contribution >= 0.6 is 0 Å². The Hall–Kier alpha value is -1.04. The molecule has 0 nitrogen and oxygen atoms in total. The van der Waals surface area contributed by atoms with E-state index < -0.39 is 0 Å². The van der Waals surface area contributed by atoms with E-state index in [1.807, 2.05) is 0 Å². The van der Waals surface area contributed by atoms with E-state index in [1.165, 1.54) is 35.1 Å². The third-order valence-corrected chi connectivity index (χ3v) is 6.26. The summed E-state index contributed by atoms with van der Waals surface area (Å²) in [5, 5.41) is 0. The van der Waals surface area contributed by atoms with Gasteiger partial charge in [-0.15, -0.1) is 0 Å². The SMILES string of the molecule is CC1=CC(C)(CCC2(C)C=C(C)C(C)=C2C)C(C)=C1C. The van der Waals surface area contributed by atoms with Gasteiger partial charge in [0.25, 0.3) is 0 Å². The second-order valence-corrected chi connectivity index (χ2v) is 7.49. The second-order valence-electron chi connectivity index (χ2n) is 7.49. The molecule has 0 aliphatic heterocycles. The monoisotopic (exact) mass is 270 g/mol. The lowest BCUT2D eigenvalue weighted by molar-refractivity contribution is 0.365. The van der Waals surface area contributed by atoms with E-state index >= 15 is 0 Å². The van der Waals surface area contributed by atoms with Gasteiger partial charge in [-0.2, -0.15) is 0 Å². The van der Waals surface area contributed by atoms with Gasteiger partial charge >= 0.3 is 0 Å². The first-order chi connectivity index (χ1) is 9.11. The summed E-state index contributed by atoms with van der Waals surface area (Å²) in [6.07, 6.45) is 7.44. The van der Waals surface area contributed by atoms with E-state index in [0.717, 1.165) is 0 Å². The summed E-state index contributed by atoms with van der Waals surface area (Å²) >= 11 is 0. The molecule has 2 unspecified atom stereocenters. The molecule has 0 saturated heterocycles. The summed E-state index contributed by atoms with van der Waals surface area (Å²) in [6.45, 7) is 18.5. The lowest BCUT2D eigenvalue weighted by Gasteiger charge is -2.31. The molecule has 0 heterocycles. The van der Waals surface area contributed by atoms with Crippen LogP contribution in [-0.4, -0.2) is 0 Å². The Labute approximate surface area is 125 Å². The van der Waals surface area contributed by atoms with Crippen molar-refractivity contribution >= 4 is 0 Å². The van der Waals surface area contributed by atoms with Crippen LogP contribution in [0.2, 0.25) is 0 Å². The lowest BCUT2D eigenvalue weighted by atomic mass is 9.72. The van der Waals surface area contributed by atoms with Crippen LogP contribution in [0.4, 0.5) is 0 Å². The minimum Gasteiger partial charge on any atom is -0.0713 e. The summed E-state index contributed by atoms with van der Waals surface area (Å²) in [5.41, 5.74) is 9.59. The fourth-order valence-corrected chi connectivity index (χ4v) is 3.88. The average molecular weight is 270 g/mol. The van der Waals surface area contributed by atoms with Gasteiger partial charge in [-0.1, -0.05) is 48.3 Å². The smallest absolute Gasteiger partial charge is 0.00717 e. The standard InChI is InChI=1S/C20H30/c1-13-11-19(7,17(5)15(13)3)9-10-20(8)12-14(2)16(4)18(20)6/h11-12H,9-10H2,1-8H3. The third kappa shape index (κ3) is 2.24. The molecular formula is C20H30. The van der Waals surface area contributed by atoms with E-state index in [0.29, 0.717) is 0 Å². The molecule has 20 heavy (non-hydrogen) atoms. The quantitative estimate of drug-likeness (QED) is 0.559. The Kier molecular flexibility index (Phi) is 3.65. The molecule has 0 bridgehead atoms. The predicted octanol–water partition coefficient (Wildman–Crippen LogP) is 6.37. The maximum atomic E-state index is 2.48. The maximum absolute atomic E-state index is 2.48. The summed E-state index contributed by atoms with van der Waals surface area (Å²) < 4.78 is 0. The highest BCUT2D eigenvalue weighted by Gasteiger charge is 2.36. The molecule has 0 aromatic carbocycles. The number of hydrogen-bond donors (Lipinski definition) is 0. The van der Waals surface area contributed by atoms with Crippen LogP contribution in [0.1, 0.15) is 68.2 Å². The minimum absolute atomic E-state index is 0.260. The molecule has 2 aliphatic rings. The van der Waals surface area contributed by atoms with Crippen molar-refractivity contribution in [3.63, 3.8) is 0 Å². The zero-order chi connectivity index (χ0) is 15.3. The van der Waals surface area contributed by atoms with E-state index in [-0.39, 0.29) is 10.8 Å². The van der Waals surface area contributed by atoms with Crippen molar-refractivity contribution in [1.29, 1.82) is 0 Å². The Morgan fingerprint density at radius 1 is 0.650 bits per heavy atom. The molecule has 0 aromatic rings. The molecule has 0 amide bonds. The molecule has 0 heteroatoms. The fraction of sp³-hybridized carbons (Fsp3) is 0.600. The van der Waals surface area contributed by atoms with Crippen LogP contribution in [0.5, 0.6) is 0 Å². The van der Waals surface area contributed by atoms with Gasteiger partial charge in [0, 0.05) is 10.8 Å². The molecule has 0 spiro atoms. The van der Waals surface area contributed by atoms with Gasteiger partial charge in [0.1, 0.15) is 0 Å². The third-order valence-electron chi connectivity index (χ3n) is 6.26. The Bertz CT molecular complexity index is 513. The first-order valence-electron chi connectivity index (χ1n) is 7.86. The number of rotatable bonds is 3. The topological polar surface area (TPSA) is 0 Å². The fourth-order valence-electron chi connectivity index (χ4n) is 3.88. The molecule has 0 fully saturated rings. The molecule has 0 aromatic heterocycles. The van der Waals surface area contributed by atoms with Gasteiger partial charge in [-0.25, -0.2) is 0 Å². The highest BCUT2D eigenvalue weighted by Crippen LogP contribution is 2.49. The molecule has 2 atom stereocenters. The maximum Gasteiger partial charge on any atom is 0.00717 e. The highest BCUT2D eigenvalue weighted by atomic mass is 14.4. The summed E-state index contributed by atoms with van der Waals surface area (Å²) in [4.78, 5) is 0. The van der Waals surface area contributed by atoms with Crippen molar-refractivity contribution in [2.24, 2.45) is 10.8 Å². The van der Waals surface area contributed by atoms with Gasteiger partial charge in [-0.3, -0.25) is 0 Å². The molecule has 2 aliphatic carbocycles. The van der Waals surface area contributed by atoms with Crippen molar-refractivity contribution in [1.82, 2.24) is 0 Å². The van der Waals surface area contributed by atoms with E-state index in [2.05, 4.69) is 67.5 Å². The summed E-state index contributed by atoms with van der Waals surface area (Å²) in [7, 11) is 0. The Balaban J connectivity index is 2.20. The minimum atomic E-state index is 0.260. The molecule has 0 radical (unpaired) electrons. The Morgan fingerprint density at radius 3 is 1.15 bits per heavy atom. The summed E-state index contributed by atoms with van der Waals surface area (Å²) in [5.74, 6) is 0. The van der Waals surface area contributed by atoms with Crippen molar-refractivity contribution in [2.45, 2.75) is 68.2 Å². The van der Waals surface area contributed by atoms with Crippen LogP contribution in [0.15, 0.2) is 45.6 Å². The second kappa shape index (κ2) is 4.76. The zero-order valence-corrected chi connectivity index (χ0v) is 14.6. The predicted molar refractivity (Wildman–Crippen MR) is 89.7 cm³/mol. The number of hydrogen-bond acceptors (Lipinski definition) is 0. The molecule has 2 rings (SSSR count). The van der Waals surface area contributed by atoms with Crippen molar-refractivity contribution < 1.29 is 0 Å². The summed E-state index contributed by atoms with van der Waals surface area (Å²) in [6, 6.07) is 0. The largest absolute Gasteiger partial charge is 0.0713 e. The van der Waals surface area contributed by atoms with Crippen molar-refractivity contribution in [2.75, 3.05) is 0 Å². The molecule has 0 N–H and O–H groups in total. The van der Waals surface area contributed by atoms with E-state index in [9.17, 15) is 0 Å². The average Bonchev–Trinajstić information content (AvgIpc) is 2.70. The van der Waals surface area contributed by atoms with Gasteiger partial charge in [0.05, 0.1) is 0 Å². The normalized spacial score (nSPS) is 34.0. The van der Waals surface area contributed by atoms with Crippen molar-refractivity contribution in [3.05, 3.63) is 45.6 Å². The van der Waals surface area contributed by atoms with Gasteiger partial charge in [-0.05, 0) is 65.5 Å². The van der Waals surface area contributed by atoms with Crippen LogP contribution in [0, 0.1) is 10.8 Å². The number of allylic oxidation sites excluding steroid dienone is 8. The zero-order valence-electron chi connectivity index (χ0n) is 14.6. The first-order valence-corrected chi connectivity index (χ1v) is 7.86. The Morgan fingerprint density at radius 2 is 0.950 bits per heavy atom. The van der Waals surface area contributed by atoms with Crippen LogP contribution in [-0.2, 0) is 0 Å². The van der Waals surface area contributed by atoms with Gasteiger partial charge < -0.3 is 0 Å². The molecule has 0 saturated carbocycles. The first kappa shape index (κ1) is 15.4. The van der Waals surface area contributed by atoms with E-state index in [4.69, 9.17) is 0 Å². The van der Waals surface area contributed by atoms with Gasteiger partial charge in [0.15, 0.2) is 0 Å². The van der Waals surface area contributed by atoms with Crippen molar-refractivity contribution in [3.8, 4) is 0 Å². The van der Waals surface area contributed by atoms with Crippen LogP contribution in [0.25, 0.3) is 0 Å². The van der Waals surface area contributed by atoms with Crippen LogP contribution in [0.3, 0.4) is 0 Å². The van der Waals surface area contributed by atoms with Gasteiger partial charge in [0.2, 0.25) is 0 Å². The highest BCUT2D eigenvalue weighted by molar-refractivity contribution is 5.47. The van der Waals surface area contributed by atoms with Crippen LogP contribution < -0.4 is 0 Å². The van der Waals surface area contributed by atoms with E-state index in [1.54, 1.807) is 11.1 Å². The molecule has 110 valence electrons.